The Morgan fingerprint density at radius 1 is 1.16 bits per heavy atom. The Balaban J connectivity index is 1.50. The van der Waals surface area contributed by atoms with Gasteiger partial charge in [0.15, 0.2) is 11.8 Å². The van der Waals surface area contributed by atoms with Crippen molar-refractivity contribution in [1.82, 2.24) is 20.1 Å². The minimum atomic E-state index is -0.692. The molecule has 0 aliphatic rings. The quantitative estimate of drug-likeness (QED) is 0.444. The molecule has 4 rings (SSSR count). The smallest absolute Gasteiger partial charge is 0.260 e. The predicted molar refractivity (Wildman–Crippen MR) is 127 cm³/mol. The molecule has 1 amide bonds. The van der Waals surface area contributed by atoms with Gasteiger partial charge in [-0.25, -0.2) is 0 Å². The second-order valence-corrected chi connectivity index (χ2v) is 8.15. The fraction of sp³-hybridized carbons (Fsp3) is 0.240. The Hall–Kier alpha value is -3.38. The number of pyridine rings is 1. The van der Waals surface area contributed by atoms with Crippen molar-refractivity contribution in [2.24, 2.45) is 7.05 Å². The first-order valence-corrected chi connectivity index (χ1v) is 10.9. The molecule has 7 heteroatoms. The first kappa shape index (κ1) is 21.8. The minimum Gasteiger partial charge on any atom is -0.464 e. The predicted octanol–water partition coefficient (Wildman–Crippen LogP) is 4.72. The van der Waals surface area contributed by atoms with Gasteiger partial charge in [-0.15, -0.1) is 0 Å². The Morgan fingerprint density at radius 3 is 2.59 bits per heavy atom. The number of aryl methyl sites for hydroxylation is 2. The van der Waals surface area contributed by atoms with Crippen molar-refractivity contribution in [2.75, 3.05) is 6.54 Å². The van der Waals surface area contributed by atoms with Gasteiger partial charge in [0, 0.05) is 24.7 Å². The van der Waals surface area contributed by atoms with Gasteiger partial charge < -0.3 is 10.1 Å². The summed E-state index contributed by atoms with van der Waals surface area (Å²) in [4.78, 5) is 17.2. The van der Waals surface area contributed by atoms with E-state index in [0.717, 1.165) is 27.8 Å². The van der Waals surface area contributed by atoms with Crippen LogP contribution in [0, 0.1) is 6.92 Å². The van der Waals surface area contributed by atoms with Crippen LogP contribution in [-0.2, 0) is 18.3 Å². The fourth-order valence-electron chi connectivity index (χ4n) is 3.69. The number of carbonyl (C=O) groups is 1. The van der Waals surface area contributed by atoms with Crippen molar-refractivity contribution in [3.05, 3.63) is 76.9 Å². The van der Waals surface area contributed by atoms with Gasteiger partial charge in [0.05, 0.1) is 11.1 Å². The lowest BCUT2D eigenvalue weighted by Crippen LogP contribution is -2.37. The van der Waals surface area contributed by atoms with Crippen molar-refractivity contribution in [2.45, 2.75) is 26.4 Å². The summed E-state index contributed by atoms with van der Waals surface area (Å²) in [5.74, 6) is 0.197. The molecule has 0 saturated heterocycles. The molecule has 32 heavy (non-hydrogen) atoms. The lowest BCUT2D eigenvalue weighted by molar-refractivity contribution is -0.127. The van der Waals surface area contributed by atoms with E-state index < -0.39 is 6.10 Å². The van der Waals surface area contributed by atoms with Gasteiger partial charge in [0.1, 0.15) is 0 Å². The zero-order valence-corrected chi connectivity index (χ0v) is 19.1. The molecular formula is C25H25ClN4O2. The topological polar surface area (TPSA) is 69.0 Å². The molecule has 2 aromatic carbocycles. The highest BCUT2D eigenvalue weighted by Gasteiger charge is 2.19. The molecule has 0 spiro atoms. The lowest BCUT2D eigenvalue weighted by atomic mass is 10.0. The molecule has 1 atom stereocenters. The SMILES string of the molecule is Cc1nn(C)c2nc(OC(C)C(=O)NCCc3ccc(Cl)cc3)cc(-c3ccccc3)c12. The summed E-state index contributed by atoms with van der Waals surface area (Å²) in [5.41, 5.74) is 4.74. The number of nitrogens with zero attached hydrogens (tertiary/aromatic N) is 3. The monoisotopic (exact) mass is 448 g/mol. The number of halogens is 1. The zero-order chi connectivity index (χ0) is 22.7. The zero-order valence-electron chi connectivity index (χ0n) is 18.3. The number of rotatable bonds is 7. The van der Waals surface area contributed by atoms with Gasteiger partial charge in [-0.1, -0.05) is 54.1 Å². The summed E-state index contributed by atoms with van der Waals surface area (Å²) in [6.07, 6.45) is 0.0230. The Morgan fingerprint density at radius 2 is 1.88 bits per heavy atom. The van der Waals surface area contributed by atoms with Crippen LogP contribution >= 0.6 is 11.6 Å². The van der Waals surface area contributed by atoms with Gasteiger partial charge in [-0.2, -0.15) is 10.1 Å². The van der Waals surface area contributed by atoms with Crippen LogP contribution in [0.2, 0.25) is 5.02 Å². The van der Waals surface area contributed by atoms with E-state index in [2.05, 4.69) is 15.4 Å². The van der Waals surface area contributed by atoms with Crippen molar-refractivity contribution >= 4 is 28.5 Å². The first-order valence-electron chi connectivity index (χ1n) is 10.5. The van der Waals surface area contributed by atoms with Crippen molar-refractivity contribution in [3.63, 3.8) is 0 Å². The molecule has 2 aromatic heterocycles. The van der Waals surface area contributed by atoms with E-state index in [0.29, 0.717) is 29.5 Å². The van der Waals surface area contributed by atoms with E-state index in [1.54, 1.807) is 11.6 Å². The first-order chi connectivity index (χ1) is 15.4. The number of nitrogens with one attached hydrogen (secondary N) is 1. The normalized spacial score (nSPS) is 12.0. The second-order valence-electron chi connectivity index (χ2n) is 7.71. The molecule has 0 aliphatic carbocycles. The highest BCUT2D eigenvalue weighted by atomic mass is 35.5. The van der Waals surface area contributed by atoms with Crippen molar-refractivity contribution < 1.29 is 9.53 Å². The van der Waals surface area contributed by atoms with Crippen molar-refractivity contribution in [3.8, 4) is 17.0 Å². The Bertz CT molecular complexity index is 1240. The number of carbonyl (C=O) groups excluding carboxylic acids is 1. The third-order valence-corrected chi connectivity index (χ3v) is 5.57. The Kier molecular flexibility index (Phi) is 6.42. The molecule has 164 valence electrons. The van der Waals surface area contributed by atoms with Crippen LogP contribution in [0.1, 0.15) is 18.2 Å². The molecular weight excluding hydrogens is 424 g/mol. The maximum Gasteiger partial charge on any atom is 0.260 e. The van der Waals surface area contributed by atoms with E-state index in [1.165, 1.54) is 0 Å². The number of fused-ring (bicyclic) bond motifs is 1. The molecule has 1 N–H and O–H groups in total. The van der Waals surface area contributed by atoms with Gasteiger partial charge in [-0.3, -0.25) is 9.48 Å². The van der Waals surface area contributed by atoms with Gasteiger partial charge in [0.2, 0.25) is 5.88 Å². The number of hydrogen-bond donors (Lipinski definition) is 1. The summed E-state index contributed by atoms with van der Waals surface area (Å²) >= 11 is 5.91. The third-order valence-electron chi connectivity index (χ3n) is 5.32. The van der Waals surface area contributed by atoms with Gasteiger partial charge in [-0.05, 0) is 49.1 Å². The average Bonchev–Trinajstić information content (AvgIpc) is 3.08. The van der Waals surface area contributed by atoms with E-state index in [4.69, 9.17) is 16.3 Å². The molecule has 2 heterocycles. The number of hydrogen-bond acceptors (Lipinski definition) is 4. The molecule has 6 nitrogen and oxygen atoms in total. The standard InChI is InChI=1S/C25H25ClN4O2/c1-16-23-21(19-7-5-4-6-8-19)15-22(28-24(23)30(3)29-16)32-17(2)25(31)27-14-13-18-9-11-20(26)12-10-18/h4-12,15,17H,13-14H2,1-3H3,(H,27,31). The van der Waals surface area contributed by atoms with E-state index in [-0.39, 0.29) is 5.91 Å². The molecule has 1 unspecified atom stereocenters. The average molecular weight is 449 g/mol. The summed E-state index contributed by atoms with van der Waals surface area (Å²) in [6, 6.07) is 19.5. The maximum absolute atomic E-state index is 12.6. The summed E-state index contributed by atoms with van der Waals surface area (Å²) in [7, 11) is 1.85. The van der Waals surface area contributed by atoms with E-state index >= 15 is 0 Å². The van der Waals surface area contributed by atoms with Crippen LogP contribution in [0.5, 0.6) is 5.88 Å². The van der Waals surface area contributed by atoms with E-state index in [9.17, 15) is 4.79 Å². The number of aromatic nitrogens is 3. The van der Waals surface area contributed by atoms with Crippen LogP contribution in [0.4, 0.5) is 0 Å². The molecule has 0 radical (unpaired) electrons. The largest absolute Gasteiger partial charge is 0.464 e. The Labute approximate surface area is 192 Å². The fourth-order valence-corrected chi connectivity index (χ4v) is 3.81. The summed E-state index contributed by atoms with van der Waals surface area (Å²) in [6.45, 7) is 4.20. The minimum absolute atomic E-state index is 0.191. The van der Waals surface area contributed by atoms with Gasteiger partial charge in [0.25, 0.3) is 5.91 Å². The molecule has 0 saturated carbocycles. The molecule has 4 aromatic rings. The highest BCUT2D eigenvalue weighted by molar-refractivity contribution is 6.30. The maximum atomic E-state index is 12.6. The molecule has 0 fully saturated rings. The van der Waals surface area contributed by atoms with Crippen LogP contribution in [0.25, 0.3) is 22.2 Å². The van der Waals surface area contributed by atoms with Crippen LogP contribution < -0.4 is 10.1 Å². The van der Waals surface area contributed by atoms with Gasteiger partial charge >= 0.3 is 0 Å². The lowest BCUT2D eigenvalue weighted by Gasteiger charge is -2.15. The summed E-state index contributed by atoms with van der Waals surface area (Å²) in [5, 5.41) is 9.11. The van der Waals surface area contributed by atoms with E-state index in [1.807, 2.05) is 74.6 Å². The number of ether oxygens (including phenoxy) is 1. The van der Waals surface area contributed by atoms with Crippen molar-refractivity contribution in [1.29, 1.82) is 0 Å². The van der Waals surface area contributed by atoms with Crippen LogP contribution in [0.3, 0.4) is 0 Å². The van der Waals surface area contributed by atoms with Crippen LogP contribution in [0.15, 0.2) is 60.7 Å². The molecule has 0 bridgehead atoms. The second kappa shape index (κ2) is 9.40. The number of benzene rings is 2. The summed E-state index contributed by atoms with van der Waals surface area (Å²) < 4.78 is 7.68. The molecule has 0 aliphatic heterocycles. The highest BCUT2D eigenvalue weighted by Crippen LogP contribution is 2.33. The van der Waals surface area contributed by atoms with Crippen LogP contribution in [-0.4, -0.2) is 33.3 Å². The third kappa shape index (κ3) is 4.75. The number of amides is 1.